The normalized spacial score (nSPS) is 30.4. The Morgan fingerprint density at radius 2 is 1.96 bits per heavy atom. The van der Waals surface area contributed by atoms with Crippen LogP contribution in [0, 0.1) is 11.3 Å². The molecule has 3 aliphatic rings. The fraction of sp³-hybridized carbons (Fsp3) is 0.905. The van der Waals surface area contributed by atoms with Gasteiger partial charge in [-0.1, -0.05) is 13.8 Å². The highest BCUT2D eigenvalue weighted by atomic mass is 16.5. The number of carbonyl (C=O) groups excluding carboxylic acids is 1. The number of amides is 1. The monoisotopic (exact) mass is 393 g/mol. The van der Waals surface area contributed by atoms with Crippen molar-refractivity contribution in [3.05, 3.63) is 0 Å². The topological polar surface area (TPSA) is 60.4 Å². The molecule has 0 radical (unpaired) electrons. The van der Waals surface area contributed by atoms with Gasteiger partial charge in [0, 0.05) is 83.8 Å². The highest BCUT2D eigenvalue weighted by molar-refractivity contribution is 5.81. The van der Waals surface area contributed by atoms with Crippen molar-refractivity contribution in [1.82, 2.24) is 20.0 Å². The number of carbonyl (C=O) groups is 1. The minimum absolute atomic E-state index is 0.147. The number of piperazine rings is 1. The van der Waals surface area contributed by atoms with Gasteiger partial charge in [-0.15, -0.1) is 0 Å². The second-order valence-corrected chi connectivity index (χ2v) is 9.21. The predicted molar refractivity (Wildman–Crippen MR) is 112 cm³/mol. The molecule has 0 spiro atoms. The Balaban J connectivity index is 1.53. The fourth-order valence-corrected chi connectivity index (χ4v) is 5.00. The first-order valence-electron chi connectivity index (χ1n) is 10.9. The van der Waals surface area contributed by atoms with Gasteiger partial charge in [-0.05, 0) is 19.8 Å². The Morgan fingerprint density at radius 3 is 2.61 bits per heavy atom. The van der Waals surface area contributed by atoms with E-state index in [9.17, 15) is 4.79 Å². The second kappa shape index (κ2) is 8.99. The summed E-state index contributed by atoms with van der Waals surface area (Å²) in [6.45, 7) is 13.2. The van der Waals surface area contributed by atoms with E-state index in [4.69, 9.17) is 9.73 Å². The Hall–Kier alpha value is -1.34. The van der Waals surface area contributed by atoms with Crippen LogP contribution in [-0.4, -0.2) is 98.7 Å². The second-order valence-electron chi connectivity index (χ2n) is 9.21. The maximum atomic E-state index is 11.8. The van der Waals surface area contributed by atoms with Gasteiger partial charge in [-0.25, -0.2) is 0 Å². The van der Waals surface area contributed by atoms with Crippen LogP contribution < -0.4 is 5.32 Å². The van der Waals surface area contributed by atoms with Gasteiger partial charge in [-0.2, -0.15) is 0 Å². The van der Waals surface area contributed by atoms with Crippen LogP contribution in [0.1, 0.15) is 40.0 Å². The third kappa shape index (κ3) is 4.46. The molecule has 0 aromatic rings. The Kier molecular flexibility index (Phi) is 6.86. The van der Waals surface area contributed by atoms with Gasteiger partial charge < -0.3 is 19.9 Å². The molecule has 3 atom stereocenters. The molecule has 3 rings (SSSR count). The molecule has 2 saturated heterocycles. The van der Waals surface area contributed by atoms with Crippen molar-refractivity contribution >= 4 is 11.9 Å². The number of nitrogens with zero attached hydrogens (tertiary/aromatic N) is 4. The average Bonchev–Trinajstić information content (AvgIpc) is 2.69. The molecule has 0 aromatic heterocycles. The summed E-state index contributed by atoms with van der Waals surface area (Å²) in [6, 6.07) is 0.429. The Labute approximate surface area is 170 Å². The van der Waals surface area contributed by atoms with Gasteiger partial charge in [0.1, 0.15) is 0 Å². The van der Waals surface area contributed by atoms with E-state index < -0.39 is 0 Å². The summed E-state index contributed by atoms with van der Waals surface area (Å²) in [6.07, 6.45) is 3.40. The van der Waals surface area contributed by atoms with Crippen molar-refractivity contribution in [3.8, 4) is 0 Å². The molecule has 7 heteroatoms. The van der Waals surface area contributed by atoms with Crippen LogP contribution in [0.3, 0.4) is 0 Å². The molecule has 7 nitrogen and oxygen atoms in total. The van der Waals surface area contributed by atoms with E-state index in [1.165, 1.54) is 12.8 Å². The molecule has 0 bridgehead atoms. The standard InChI is InChI=1S/C21H39N5O2/c1-6-22-20(23-18-16-8-7-15-28-19(16)21(18,2)3)26-13-11-25(12-14-26)10-9-17(27)24(4)5/h16,18-19H,6-15H2,1-5H3,(H,22,23). The lowest BCUT2D eigenvalue weighted by Gasteiger charge is -2.60. The summed E-state index contributed by atoms with van der Waals surface area (Å²) in [7, 11) is 3.65. The van der Waals surface area contributed by atoms with E-state index in [0.29, 0.717) is 24.5 Å². The summed E-state index contributed by atoms with van der Waals surface area (Å²) in [5.74, 6) is 1.85. The van der Waals surface area contributed by atoms with Crippen LogP contribution in [0.5, 0.6) is 0 Å². The van der Waals surface area contributed by atoms with Crippen LogP contribution in [-0.2, 0) is 9.53 Å². The van der Waals surface area contributed by atoms with Crippen molar-refractivity contribution in [2.24, 2.45) is 16.3 Å². The Morgan fingerprint density at radius 1 is 1.25 bits per heavy atom. The first-order chi connectivity index (χ1) is 13.3. The molecule has 0 aromatic carbocycles. The molecule has 1 amide bonds. The molecule has 28 heavy (non-hydrogen) atoms. The number of hydrogen-bond acceptors (Lipinski definition) is 4. The molecular weight excluding hydrogens is 354 g/mol. The van der Waals surface area contributed by atoms with Crippen LogP contribution in [0.2, 0.25) is 0 Å². The summed E-state index contributed by atoms with van der Waals surface area (Å²) in [4.78, 5) is 23.1. The van der Waals surface area contributed by atoms with Crippen molar-refractivity contribution in [1.29, 1.82) is 0 Å². The van der Waals surface area contributed by atoms with E-state index >= 15 is 0 Å². The van der Waals surface area contributed by atoms with Crippen molar-refractivity contribution in [2.75, 3.05) is 60.0 Å². The number of hydrogen-bond donors (Lipinski definition) is 1. The molecular formula is C21H39N5O2. The van der Waals surface area contributed by atoms with Gasteiger partial charge in [0.15, 0.2) is 5.96 Å². The molecule has 2 heterocycles. The third-order valence-corrected chi connectivity index (χ3v) is 6.74. The quantitative estimate of drug-likeness (QED) is 0.563. The lowest BCUT2D eigenvalue weighted by molar-refractivity contribution is -0.188. The zero-order chi connectivity index (χ0) is 20.3. The number of guanidine groups is 1. The Bertz CT molecular complexity index is 569. The minimum atomic E-state index is 0.147. The molecule has 2 aliphatic heterocycles. The first kappa shape index (κ1) is 21.4. The zero-order valence-corrected chi connectivity index (χ0v) is 18.4. The SMILES string of the molecule is CCN=C(NC1C2CCCOC2C1(C)C)N1CCN(CCC(=O)N(C)C)CC1. The minimum Gasteiger partial charge on any atom is -0.377 e. The largest absolute Gasteiger partial charge is 0.377 e. The number of aliphatic imine (C=N–C) groups is 1. The van der Waals surface area contributed by atoms with Gasteiger partial charge in [0.05, 0.1) is 6.10 Å². The lowest BCUT2D eigenvalue weighted by Crippen LogP contribution is -2.71. The van der Waals surface area contributed by atoms with E-state index in [1.54, 1.807) is 4.90 Å². The number of fused-ring (bicyclic) bond motifs is 1. The van der Waals surface area contributed by atoms with Gasteiger partial charge >= 0.3 is 0 Å². The molecule has 3 unspecified atom stereocenters. The fourth-order valence-electron chi connectivity index (χ4n) is 5.00. The van der Waals surface area contributed by atoms with E-state index in [2.05, 4.69) is 35.9 Å². The lowest BCUT2D eigenvalue weighted by atomic mass is 9.55. The van der Waals surface area contributed by atoms with Crippen molar-refractivity contribution in [3.63, 3.8) is 0 Å². The average molecular weight is 394 g/mol. The maximum Gasteiger partial charge on any atom is 0.223 e. The van der Waals surface area contributed by atoms with E-state index in [1.807, 2.05) is 14.1 Å². The van der Waals surface area contributed by atoms with E-state index in [-0.39, 0.29) is 11.3 Å². The summed E-state index contributed by atoms with van der Waals surface area (Å²) >= 11 is 0. The summed E-state index contributed by atoms with van der Waals surface area (Å²) < 4.78 is 6.06. The number of nitrogens with one attached hydrogen (secondary N) is 1. The van der Waals surface area contributed by atoms with Gasteiger partial charge in [-0.3, -0.25) is 14.7 Å². The molecule has 160 valence electrons. The maximum absolute atomic E-state index is 11.8. The molecule has 1 aliphatic carbocycles. The highest BCUT2D eigenvalue weighted by Gasteiger charge is 2.58. The van der Waals surface area contributed by atoms with Crippen molar-refractivity contribution < 1.29 is 9.53 Å². The van der Waals surface area contributed by atoms with Crippen LogP contribution in [0.25, 0.3) is 0 Å². The van der Waals surface area contributed by atoms with Crippen LogP contribution in [0.15, 0.2) is 4.99 Å². The molecule has 1 N–H and O–H groups in total. The van der Waals surface area contributed by atoms with Gasteiger partial charge in [0.25, 0.3) is 0 Å². The van der Waals surface area contributed by atoms with Crippen LogP contribution in [0.4, 0.5) is 0 Å². The molecule has 3 fully saturated rings. The summed E-state index contributed by atoms with van der Waals surface area (Å²) in [5.41, 5.74) is 0.147. The highest BCUT2D eigenvalue weighted by Crippen LogP contribution is 2.51. The third-order valence-electron chi connectivity index (χ3n) is 6.74. The predicted octanol–water partition coefficient (Wildman–Crippen LogP) is 1.25. The number of rotatable bonds is 5. The smallest absolute Gasteiger partial charge is 0.223 e. The molecule has 1 saturated carbocycles. The van der Waals surface area contributed by atoms with Crippen molar-refractivity contribution in [2.45, 2.75) is 52.2 Å². The van der Waals surface area contributed by atoms with Crippen LogP contribution >= 0.6 is 0 Å². The first-order valence-corrected chi connectivity index (χ1v) is 10.9. The number of ether oxygens (including phenoxy) is 1. The summed E-state index contributed by atoms with van der Waals surface area (Å²) in [5, 5.41) is 3.81. The zero-order valence-electron chi connectivity index (χ0n) is 18.4. The van der Waals surface area contributed by atoms with E-state index in [0.717, 1.165) is 51.8 Å². The van der Waals surface area contributed by atoms with Gasteiger partial charge in [0.2, 0.25) is 5.91 Å².